The molecule has 1 aliphatic rings. The van der Waals surface area contributed by atoms with Crippen LogP contribution in [0.1, 0.15) is 31.2 Å². The van der Waals surface area contributed by atoms with E-state index in [9.17, 15) is 12.8 Å². The lowest BCUT2D eigenvalue weighted by molar-refractivity contribution is 0.577. The molecule has 1 aliphatic carbocycles. The minimum atomic E-state index is -3.56. The van der Waals surface area contributed by atoms with Crippen LogP contribution in [0.2, 0.25) is 5.02 Å². The SMILES string of the molecule is O=S(=O)(Cc1c(F)cccc1Cl)NCCSC1CCCC1. The van der Waals surface area contributed by atoms with Crippen molar-refractivity contribution in [2.24, 2.45) is 0 Å². The first-order chi connectivity index (χ1) is 9.98. The predicted octanol–water partition coefficient (Wildman–Crippen LogP) is 3.57. The number of nitrogens with one attached hydrogen (secondary N) is 1. The number of halogens is 2. The molecule has 1 N–H and O–H groups in total. The van der Waals surface area contributed by atoms with E-state index in [1.165, 1.54) is 43.9 Å². The molecule has 2 rings (SSSR count). The van der Waals surface area contributed by atoms with Crippen LogP contribution < -0.4 is 4.72 Å². The lowest BCUT2D eigenvalue weighted by Gasteiger charge is -2.11. The summed E-state index contributed by atoms with van der Waals surface area (Å²) in [5.41, 5.74) is 0.0233. The Kier molecular flexibility index (Phi) is 6.34. The van der Waals surface area contributed by atoms with E-state index in [0.29, 0.717) is 11.8 Å². The summed E-state index contributed by atoms with van der Waals surface area (Å²) in [4.78, 5) is 0. The molecular formula is C14H19ClFNO2S2. The van der Waals surface area contributed by atoms with E-state index in [2.05, 4.69) is 4.72 Å². The molecule has 1 aromatic rings. The van der Waals surface area contributed by atoms with Crippen molar-refractivity contribution in [1.82, 2.24) is 4.72 Å². The summed E-state index contributed by atoms with van der Waals surface area (Å²) < 4.78 is 40.0. The van der Waals surface area contributed by atoms with Crippen LogP contribution in [0, 0.1) is 5.82 Å². The van der Waals surface area contributed by atoms with Gasteiger partial charge in [-0.2, -0.15) is 11.8 Å². The van der Waals surface area contributed by atoms with Crippen LogP contribution >= 0.6 is 23.4 Å². The largest absolute Gasteiger partial charge is 0.215 e. The Morgan fingerprint density at radius 2 is 2.05 bits per heavy atom. The van der Waals surface area contributed by atoms with Crippen molar-refractivity contribution in [3.63, 3.8) is 0 Å². The fraction of sp³-hybridized carbons (Fsp3) is 0.571. The van der Waals surface area contributed by atoms with E-state index in [4.69, 9.17) is 11.6 Å². The molecule has 0 unspecified atom stereocenters. The third-order valence-electron chi connectivity index (χ3n) is 3.48. The molecule has 1 aromatic carbocycles. The predicted molar refractivity (Wildman–Crippen MR) is 86.8 cm³/mol. The fourth-order valence-electron chi connectivity index (χ4n) is 2.39. The van der Waals surface area contributed by atoms with Gasteiger partial charge in [0.2, 0.25) is 10.0 Å². The molecule has 1 fully saturated rings. The number of hydrogen-bond acceptors (Lipinski definition) is 3. The molecule has 3 nitrogen and oxygen atoms in total. The van der Waals surface area contributed by atoms with Gasteiger partial charge in [-0.25, -0.2) is 17.5 Å². The monoisotopic (exact) mass is 351 g/mol. The van der Waals surface area contributed by atoms with Gasteiger partial charge >= 0.3 is 0 Å². The Balaban J connectivity index is 1.81. The van der Waals surface area contributed by atoms with Crippen molar-refractivity contribution in [3.05, 3.63) is 34.6 Å². The Morgan fingerprint density at radius 1 is 1.33 bits per heavy atom. The van der Waals surface area contributed by atoms with Crippen LogP contribution in [0.15, 0.2) is 18.2 Å². The first-order valence-corrected chi connectivity index (χ1v) is 10.1. The third-order valence-corrected chi connectivity index (χ3v) is 6.53. The van der Waals surface area contributed by atoms with Crippen molar-refractivity contribution >= 4 is 33.4 Å². The van der Waals surface area contributed by atoms with Gasteiger partial charge < -0.3 is 0 Å². The smallest absolute Gasteiger partial charge is 0.214 e. The van der Waals surface area contributed by atoms with Gasteiger partial charge in [0.1, 0.15) is 5.82 Å². The van der Waals surface area contributed by atoms with Gasteiger partial charge in [0.05, 0.1) is 5.75 Å². The molecule has 21 heavy (non-hydrogen) atoms. The second-order valence-electron chi connectivity index (χ2n) is 5.13. The lowest BCUT2D eigenvalue weighted by Crippen LogP contribution is -2.28. The summed E-state index contributed by atoms with van der Waals surface area (Å²) in [5, 5.41) is 0.802. The van der Waals surface area contributed by atoms with Gasteiger partial charge in [-0.15, -0.1) is 0 Å². The summed E-state index contributed by atoms with van der Waals surface area (Å²) in [6, 6.07) is 4.16. The Labute approximate surface area is 134 Å². The van der Waals surface area contributed by atoms with Crippen LogP contribution in [0.4, 0.5) is 4.39 Å². The van der Waals surface area contributed by atoms with Gasteiger partial charge in [0.25, 0.3) is 0 Å². The number of thioether (sulfide) groups is 1. The number of benzene rings is 1. The zero-order chi connectivity index (χ0) is 15.3. The van der Waals surface area contributed by atoms with Gasteiger partial charge in [0, 0.05) is 28.1 Å². The van der Waals surface area contributed by atoms with Crippen molar-refractivity contribution in [2.45, 2.75) is 36.7 Å². The molecule has 7 heteroatoms. The maximum absolute atomic E-state index is 13.6. The average Bonchev–Trinajstić information content (AvgIpc) is 2.93. The molecule has 0 radical (unpaired) electrons. The molecule has 118 valence electrons. The Bertz CT molecular complexity index is 554. The van der Waals surface area contributed by atoms with Gasteiger partial charge in [-0.1, -0.05) is 30.5 Å². The summed E-state index contributed by atoms with van der Waals surface area (Å²) in [7, 11) is -3.56. The van der Waals surface area contributed by atoms with Crippen molar-refractivity contribution in [1.29, 1.82) is 0 Å². The van der Waals surface area contributed by atoms with Crippen LogP contribution in [0.3, 0.4) is 0 Å². The van der Waals surface area contributed by atoms with Crippen LogP contribution in [0.25, 0.3) is 0 Å². The van der Waals surface area contributed by atoms with E-state index < -0.39 is 21.6 Å². The molecule has 0 saturated heterocycles. The highest BCUT2D eigenvalue weighted by atomic mass is 35.5. The maximum atomic E-state index is 13.6. The summed E-state index contributed by atoms with van der Waals surface area (Å²) in [5.74, 6) is -0.269. The van der Waals surface area contributed by atoms with Crippen molar-refractivity contribution in [3.8, 4) is 0 Å². The highest BCUT2D eigenvalue weighted by Gasteiger charge is 2.18. The fourth-order valence-corrected chi connectivity index (χ4v) is 5.24. The van der Waals surface area contributed by atoms with Crippen molar-refractivity contribution in [2.75, 3.05) is 12.3 Å². The molecule has 0 heterocycles. The minimum absolute atomic E-state index is 0.0233. The van der Waals surface area contributed by atoms with Crippen molar-refractivity contribution < 1.29 is 12.8 Å². The number of sulfonamides is 1. The third kappa shape index (κ3) is 5.43. The van der Waals surface area contributed by atoms with Crippen LogP contribution in [-0.2, 0) is 15.8 Å². The highest BCUT2D eigenvalue weighted by molar-refractivity contribution is 8.00. The topological polar surface area (TPSA) is 46.2 Å². The normalized spacial score (nSPS) is 16.5. The Morgan fingerprint density at radius 3 is 2.71 bits per heavy atom. The van der Waals surface area contributed by atoms with Gasteiger partial charge in [-0.3, -0.25) is 0 Å². The minimum Gasteiger partial charge on any atom is -0.214 e. The molecule has 0 aliphatic heterocycles. The highest BCUT2D eigenvalue weighted by Crippen LogP contribution is 2.29. The Hall–Kier alpha value is -0.300. The van der Waals surface area contributed by atoms with E-state index in [1.54, 1.807) is 0 Å². The van der Waals surface area contributed by atoms with Crippen LogP contribution in [0.5, 0.6) is 0 Å². The molecule has 0 spiro atoms. The summed E-state index contributed by atoms with van der Waals surface area (Å²) >= 11 is 7.66. The summed E-state index contributed by atoms with van der Waals surface area (Å²) in [6.45, 7) is 0.371. The maximum Gasteiger partial charge on any atom is 0.215 e. The van der Waals surface area contributed by atoms with E-state index in [-0.39, 0.29) is 10.6 Å². The number of hydrogen-bond donors (Lipinski definition) is 1. The second-order valence-corrected chi connectivity index (χ2v) is 8.75. The quantitative estimate of drug-likeness (QED) is 0.764. The first-order valence-electron chi connectivity index (χ1n) is 7.00. The van der Waals surface area contributed by atoms with Gasteiger partial charge in [0.15, 0.2) is 0 Å². The summed E-state index contributed by atoms with van der Waals surface area (Å²) in [6.07, 6.45) is 4.99. The first kappa shape index (κ1) is 17.1. The van der Waals surface area contributed by atoms with E-state index in [1.807, 2.05) is 11.8 Å². The zero-order valence-electron chi connectivity index (χ0n) is 11.6. The van der Waals surface area contributed by atoms with E-state index >= 15 is 0 Å². The van der Waals surface area contributed by atoms with Crippen LogP contribution in [-0.4, -0.2) is 26.0 Å². The molecular weight excluding hydrogens is 333 g/mol. The molecule has 0 atom stereocenters. The standard InChI is InChI=1S/C14H19ClFNO2S2/c15-13-6-3-7-14(16)12(13)10-21(18,19)17-8-9-20-11-4-1-2-5-11/h3,6-7,11,17H,1-2,4-5,8-10H2. The molecule has 1 saturated carbocycles. The van der Waals surface area contributed by atoms with Gasteiger partial charge in [-0.05, 0) is 25.0 Å². The van der Waals surface area contributed by atoms with E-state index in [0.717, 1.165) is 5.75 Å². The average molecular weight is 352 g/mol. The zero-order valence-corrected chi connectivity index (χ0v) is 14.0. The molecule has 0 bridgehead atoms. The number of rotatable bonds is 7. The molecule has 0 amide bonds. The second kappa shape index (κ2) is 7.81. The lowest BCUT2D eigenvalue weighted by atomic mass is 10.2. The molecule has 0 aromatic heterocycles.